The summed E-state index contributed by atoms with van der Waals surface area (Å²) in [5.41, 5.74) is 6.68. The Labute approximate surface area is 116 Å². The zero-order valence-corrected chi connectivity index (χ0v) is 11.8. The highest BCUT2D eigenvalue weighted by molar-refractivity contribution is 6.30. The third-order valence-corrected chi connectivity index (χ3v) is 3.09. The number of nitrogens with zero attached hydrogens (tertiary/aromatic N) is 2. The van der Waals surface area contributed by atoms with E-state index < -0.39 is 0 Å². The molecule has 6 heteroatoms. The molecular weight excluding hydrogens is 266 g/mol. The number of methoxy groups -OCH3 is 1. The summed E-state index contributed by atoms with van der Waals surface area (Å²) >= 11 is 5.91. The number of ether oxygens (including phenoxy) is 1. The second-order valence-electron chi connectivity index (χ2n) is 4.57. The molecule has 0 aliphatic heterocycles. The Morgan fingerprint density at radius 3 is 2.74 bits per heavy atom. The van der Waals surface area contributed by atoms with Crippen molar-refractivity contribution in [2.75, 3.05) is 7.11 Å². The van der Waals surface area contributed by atoms with Gasteiger partial charge in [-0.3, -0.25) is 0 Å². The predicted molar refractivity (Wildman–Crippen MR) is 73.1 cm³/mol. The number of aromatic nitrogens is 2. The summed E-state index contributed by atoms with van der Waals surface area (Å²) in [6, 6.07) is 4.96. The summed E-state index contributed by atoms with van der Waals surface area (Å²) in [5.74, 6) is 1.68. The molecule has 0 aliphatic rings. The summed E-state index contributed by atoms with van der Waals surface area (Å²) in [5, 5.41) is 4.49. The first-order valence-corrected chi connectivity index (χ1v) is 6.33. The zero-order valence-electron chi connectivity index (χ0n) is 11.1. The van der Waals surface area contributed by atoms with Gasteiger partial charge in [0.1, 0.15) is 5.75 Å². The standard InChI is InChI=1S/C13H16ClN3O2/c1-7(2)11(15)12-16-13(19-17-12)9-5-4-8(14)6-10(9)18-3/h4-7,11H,15H2,1-3H3. The van der Waals surface area contributed by atoms with E-state index in [1.807, 2.05) is 13.8 Å². The van der Waals surface area contributed by atoms with Gasteiger partial charge in [-0.25, -0.2) is 0 Å². The molecule has 0 fully saturated rings. The smallest absolute Gasteiger partial charge is 0.261 e. The molecule has 2 N–H and O–H groups in total. The van der Waals surface area contributed by atoms with Crippen LogP contribution in [0.1, 0.15) is 25.7 Å². The van der Waals surface area contributed by atoms with E-state index in [1.54, 1.807) is 25.3 Å². The fraction of sp³-hybridized carbons (Fsp3) is 0.385. The van der Waals surface area contributed by atoms with Crippen LogP contribution in [0.4, 0.5) is 0 Å². The van der Waals surface area contributed by atoms with Gasteiger partial charge in [0.15, 0.2) is 5.82 Å². The molecule has 0 radical (unpaired) electrons. The minimum absolute atomic E-state index is 0.234. The Morgan fingerprint density at radius 1 is 1.37 bits per heavy atom. The number of hydrogen-bond acceptors (Lipinski definition) is 5. The molecule has 2 aromatic rings. The normalized spacial score (nSPS) is 12.7. The van der Waals surface area contributed by atoms with Gasteiger partial charge in [-0.15, -0.1) is 0 Å². The first-order valence-electron chi connectivity index (χ1n) is 5.96. The first kappa shape index (κ1) is 13.8. The Balaban J connectivity index is 2.38. The van der Waals surface area contributed by atoms with Crippen LogP contribution < -0.4 is 10.5 Å². The second kappa shape index (κ2) is 5.59. The molecule has 1 atom stereocenters. The van der Waals surface area contributed by atoms with Gasteiger partial charge in [-0.2, -0.15) is 4.98 Å². The van der Waals surface area contributed by atoms with E-state index in [-0.39, 0.29) is 12.0 Å². The van der Waals surface area contributed by atoms with Crippen LogP contribution in [0.3, 0.4) is 0 Å². The van der Waals surface area contributed by atoms with Crippen LogP contribution in [0.25, 0.3) is 11.5 Å². The van der Waals surface area contributed by atoms with E-state index in [4.69, 9.17) is 26.6 Å². The minimum Gasteiger partial charge on any atom is -0.496 e. The number of hydrogen-bond donors (Lipinski definition) is 1. The highest BCUT2D eigenvalue weighted by Crippen LogP contribution is 2.32. The molecule has 0 amide bonds. The number of rotatable bonds is 4. The van der Waals surface area contributed by atoms with Crippen molar-refractivity contribution in [2.45, 2.75) is 19.9 Å². The molecule has 0 bridgehead atoms. The topological polar surface area (TPSA) is 74.2 Å². The van der Waals surface area contributed by atoms with Crippen LogP contribution in [0.15, 0.2) is 22.7 Å². The summed E-state index contributed by atoms with van der Waals surface area (Å²) in [4.78, 5) is 4.31. The molecule has 0 saturated carbocycles. The SMILES string of the molecule is COc1cc(Cl)ccc1-c1nc(C(N)C(C)C)no1. The lowest BCUT2D eigenvalue weighted by Crippen LogP contribution is -2.18. The molecule has 1 unspecified atom stereocenters. The molecule has 0 spiro atoms. The predicted octanol–water partition coefficient (Wildman–Crippen LogP) is 3.05. The second-order valence-corrected chi connectivity index (χ2v) is 5.01. The average Bonchev–Trinajstić information content (AvgIpc) is 2.86. The van der Waals surface area contributed by atoms with Crippen molar-refractivity contribution in [1.29, 1.82) is 0 Å². The maximum absolute atomic E-state index is 5.99. The Kier molecular flexibility index (Phi) is 4.07. The average molecular weight is 282 g/mol. The van der Waals surface area contributed by atoms with E-state index in [0.29, 0.717) is 28.1 Å². The van der Waals surface area contributed by atoms with Crippen LogP contribution in [-0.4, -0.2) is 17.3 Å². The Hall–Kier alpha value is -1.59. The van der Waals surface area contributed by atoms with Crippen molar-refractivity contribution in [1.82, 2.24) is 10.1 Å². The Morgan fingerprint density at radius 2 is 2.11 bits per heavy atom. The van der Waals surface area contributed by atoms with Gasteiger partial charge in [0.2, 0.25) is 0 Å². The Bertz CT molecular complexity index is 569. The van der Waals surface area contributed by atoms with Gasteiger partial charge in [-0.1, -0.05) is 30.6 Å². The van der Waals surface area contributed by atoms with E-state index in [2.05, 4.69) is 10.1 Å². The molecule has 0 saturated heterocycles. The third-order valence-electron chi connectivity index (χ3n) is 2.85. The number of halogens is 1. The zero-order chi connectivity index (χ0) is 14.0. The number of benzene rings is 1. The summed E-state index contributed by atoms with van der Waals surface area (Å²) in [7, 11) is 1.56. The van der Waals surface area contributed by atoms with Gasteiger partial charge in [0.05, 0.1) is 18.7 Å². The summed E-state index contributed by atoms with van der Waals surface area (Å²) in [6.07, 6.45) is 0. The molecule has 1 aromatic heterocycles. The van der Waals surface area contributed by atoms with Crippen molar-refractivity contribution < 1.29 is 9.26 Å². The van der Waals surface area contributed by atoms with E-state index >= 15 is 0 Å². The van der Waals surface area contributed by atoms with Gasteiger partial charge in [0.25, 0.3) is 5.89 Å². The maximum atomic E-state index is 5.99. The first-order chi connectivity index (χ1) is 9.02. The molecular formula is C13H16ClN3O2. The van der Waals surface area contributed by atoms with E-state index in [9.17, 15) is 0 Å². The fourth-order valence-corrected chi connectivity index (χ4v) is 1.78. The lowest BCUT2D eigenvalue weighted by molar-refractivity contribution is 0.392. The number of nitrogens with two attached hydrogens (primary N) is 1. The maximum Gasteiger partial charge on any atom is 0.261 e. The molecule has 2 rings (SSSR count). The quantitative estimate of drug-likeness (QED) is 0.932. The third kappa shape index (κ3) is 2.88. The van der Waals surface area contributed by atoms with Crippen molar-refractivity contribution in [3.05, 3.63) is 29.0 Å². The van der Waals surface area contributed by atoms with Crippen LogP contribution in [0.2, 0.25) is 5.02 Å². The van der Waals surface area contributed by atoms with Crippen LogP contribution in [-0.2, 0) is 0 Å². The van der Waals surface area contributed by atoms with E-state index in [1.165, 1.54) is 0 Å². The largest absolute Gasteiger partial charge is 0.496 e. The monoisotopic (exact) mass is 281 g/mol. The van der Waals surface area contributed by atoms with Crippen LogP contribution >= 0.6 is 11.6 Å². The molecule has 1 heterocycles. The lowest BCUT2D eigenvalue weighted by Gasteiger charge is -2.09. The van der Waals surface area contributed by atoms with Crippen LogP contribution in [0.5, 0.6) is 5.75 Å². The minimum atomic E-state index is -0.254. The highest BCUT2D eigenvalue weighted by atomic mass is 35.5. The fourth-order valence-electron chi connectivity index (χ4n) is 1.62. The van der Waals surface area contributed by atoms with Crippen LogP contribution in [0, 0.1) is 5.92 Å². The molecule has 5 nitrogen and oxygen atoms in total. The van der Waals surface area contributed by atoms with Crippen molar-refractivity contribution in [3.63, 3.8) is 0 Å². The van der Waals surface area contributed by atoms with Crippen molar-refractivity contribution >= 4 is 11.6 Å². The lowest BCUT2D eigenvalue weighted by atomic mass is 10.1. The van der Waals surface area contributed by atoms with Gasteiger partial charge in [0, 0.05) is 5.02 Å². The molecule has 0 aliphatic carbocycles. The van der Waals surface area contributed by atoms with Gasteiger partial charge >= 0.3 is 0 Å². The van der Waals surface area contributed by atoms with Crippen molar-refractivity contribution in [2.24, 2.45) is 11.7 Å². The van der Waals surface area contributed by atoms with Gasteiger partial charge in [-0.05, 0) is 24.1 Å². The molecule has 1 aromatic carbocycles. The summed E-state index contributed by atoms with van der Waals surface area (Å²) < 4.78 is 10.5. The molecule has 102 valence electrons. The highest BCUT2D eigenvalue weighted by Gasteiger charge is 2.19. The molecule has 19 heavy (non-hydrogen) atoms. The van der Waals surface area contributed by atoms with Crippen molar-refractivity contribution in [3.8, 4) is 17.2 Å². The van der Waals surface area contributed by atoms with E-state index in [0.717, 1.165) is 0 Å². The van der Waals surface area contributed by atoms with Gasteiger partial charge < -0.3 is 15.0 Å². The summed E-state index contributed by atoms with van der Waals surface area (Å²) in [6.45, 7) is 4.01.